The van der Waals surface area contributed by atoms with E-state index in [-0.39, 0.29) is 11.0 Å². The van der Waals surface area contributed by atoms with Crippen LogP contribution in [-0.4, -0.2) is 15.2 Å². The fraction of sp³-hybridized carbons (Fsp3) is 0.0625. The number of aromatic amines is 1. The first kappa shape index (κ1) is 15.5. The summed E-state index contributed by atoms with van der Waals surface area (Å²) in [4.78, 5) is 2.84. The Bertz CT molecular complexity index is 891. The zero-order valence-electron chi connectivity index (χ0n) is 12.0. The van der Waals surface area contributed by atoms with Crippen LogP contribution in [0.4, 0.5) is 5.69 Å². The summed E-state index contributed by atoms with van der Waals surface area (Å²) in [7, 11) is 0. The SMILES string of the molecule is Oc1[nH]c2ccccc2c1N=NC(=S)NCc1ccccc1Cl. The van der Waals surface area contributed by atoms with Gasteiger partial charge in [-0.15, -0.1) is 10.2 Å². The maximum absolute atomic E-state index is 9.90. The predicted octanol–water partition coefficient (Wildman–Crippen LogP) is 4.69. The van der Waals surface area contributed by atoms with Gasteiger partial charge in [0, 0.05) is 17.0 Å². The molecule has 0 fully saturated rings. The molecule has 23 heavy (non-hydrogen) atoms. The van der Waals surface area contributed by atoms with Gasteiger partial charge in [0.05, 0.1) is 5.52 Å². The van der Waals surface area contributed by atoms with E-state index in [1.54, 1.807) is 0 Å². The largest absolute Gasteiger partial charge is 0.493 e. The average Bonchev–Trinajstić information content (AvgIpc) is 2.87. The molecule has 5 nitrogen and oxygen atoms in total. The molecule has 1 heterocycles. The smallest absolute Gasteiger partial charge is 0.218 e. The van der Waals surface area contributed by atoms with Crippen LogP contribution in [0.15, 0.2) is 58.8 Å². The third-order valence-corrected chi connectivity index (χ3v) is 3.88. The number of aromatic nitrogens is 1. The first-order valence-corrected chi connectivity index (χ1v) is 7.66. The molecule has 0 radical (unpaired) electrons. The van der Waals surface area contributed by atoms with Gasteiger partial charge in [0.25, 0.3) is 0 Å². The molecule has 3 aromatic rings. The van der Waals surface area contributed by atoms with Crippen molar-refractivity contribution in [3.63, 3.8) is 0 Å². The zero-order chi connectivity index (χ0) is 16.2. The minimum atomic E-state index is -0.0381. The molecule has 0 atom stereocenters. The molecule has 0 unspecified atom stereocenters. The van der Waals surface area contributed by atoms with Gasteiger partial charge in [0.15, 0.2) is 5.69 Å². The number of azo groups is 1. The fourth-order valence-electron chi connectivity index (χ4n) is 2.16. The van der Waals surface area contributed by atoms with Gasteiger partial charge in [0.2, 0.25) is 11.0 Å². The molecule has 2 aromatic carbocycles. The molecule has 116 valence electrons. The molecule has 0 saturated carbocycles. The number of aromatic hydroxyl groups is 1. The Kier molecular flexibility index (Phi) is 4.55. The van der Waals surface area contributed by atoms with Crippen molar-refractivity contribution in [3.8, 4) is 5.88 Å². The summed E-state index contributed by atoms with van der Waals surface area (Å²) in [6.07, 6.45) is 0. The van der Waals surface area contributed by atoms with E-state index in [1.165, 1.54) is 0 Å². The Hall–Kier alpha value is -2.44. The van der Waals surface area contributed by atoms with E-state index in [0.29, 0.717) is 17.3 Å². The lowest BCUT2D eigenvalue weighted by atomic mass is 10.2. The summed E-state index contributed by atoms with van der Waals surface area (Å²) >= 11 is 11.2. The lowest BCUT2D eigenvalue weighted by Gasteiger charge is -2.05. The van der Waals surface area contributed by atoms with E-state index in [1.807, 2.05) is 48.5 Å². The quantitative estimate of drug-likeness (QED) is 0.477. The molecule has 0 bridgehead atoms. The lowest BCUT2D eigenvalue weighted by molar-refractivity contribution is 0.459. The van der Waals surface area contributed by atoms with Crippen molar-refractivity contribution in [2.75, 3.05) is 0 Å². The number of rotatable bonds is 3. The second-order valence-electron chi connectivity index (χ2n) is 4.82. The topological polar surface area (TPSA) is 72.8 Å². The normalized spacial score (nSPS) is 11.2. The standard InChI is InChI=1S/C16H13ClN4OS/c17-12-7-3-1-5-10(12)9-18-16(23)21-20-14-11-6-2-4-8-13(11)19-15(14)22/h1-8,19,22H,9H2,(H,18,23). The third kappa shape index (κ3) is 3.49. The molecule has 7 heteroatoms. The van der Waals surface area contributed by atoms with Crippen molar-refractivity contribution in [1.29, 1.82) is 0 Å². The second kappa shape index (κ2) is 6.76. The number of thiocarbonyl (C=S) groups is 1. The Balaban J connectivity index is 1.71. The highest BCUT2D eigenvalue weighted by molar-refractivity contribution is 7.80. The van der Waals surface area contributed by atoms with E-state index >= 15 is 0 Å². The van der Waals surface area contributed by atoms with Crippen LogP contribution >= 0.6 is 23.8 Å². The number of nitrogens with zero attached hydrogens (tertiary/aromatic N) is 2. The van der Waals surface area contributed by atoms with Crippen LogP contribution < -0.4 is 5.32 Å². The monoisotopic (exact) mass is 344 g/mol. The average molecular weight is 345 g/mol. The summed E-state index contributed by atoms with van der Waals surface area (Å²) in [6.45, 7) is 0.456. The molecule has 1 aromatic heterocycles. The number of H-pyrrole nitrogens is 1. The maximum Gasteiger partial charge on any atom is 0.218 e. The van der Waals surface area contributed by atoms with Crippen LogP contribution in [0.2, 0.25) is 5.02 Å². The highest BCUT2D eigenvalue weighted by atomic mass is 35.5. The summed E-state index contributed by atoms with van der Waals surface area (Å²) < 4.78 is 0. The number of para-hydroxylation sites is 1. The first-order chi connectivity index (χ1) is 11.1. The predicted molar refractivity (Wildman–Crippen MR) is 95.4 cm³/mol. The molecular weight excluding hydrogens is 332 g/mol. The van der Waals surface area contributed by atoms with Gasteiger partial charge in [-0.25, -0.2) is 0 Å². The van der Waals surface area contributed by atoms with Gasteiger partial charge in [-0.3, -0.25) is 0 Å². The van der Waals surface area contributed by atoms with Crippen LogP contribution in [0.3, 0.4) is 0 Å². The molecule has 0 aliphatic carbocycles. The molecular formula is C16H13ClN4OS. The number of benzene rings is 2. The van der Waals surface area contributed by atoms with Crippen molar-refractivity contribution in [1.82, 2.24) is 10.3 Å². The number of hydrogen-bond donors (Lipinski definition) is 3. The molecule has 3 rings (SSSR count). The lowest BCUT2D eigenvalue weighted by Crippen LogP contribution is -2.18. The molecule has 0 spiro atoms. The first-order valence-electron chi connectivity index (χ1n) is 6.88. The van der Waals surface area contributed by atoms with Crippen LogP contribution in [0.5, 0.6) is 5.88 Å². The summed E-state index contributed by atoms with van der Waals surface area (Å²) in [5.41, 5.74) is 2.07. The molecule has 0 aliphatic rings. The highest BCUT2D eigenvalue weighted by Gasteiger charge is 2.09. The Morgan fingerprint density at radius 2 is 1.91 bits per heavy atom. The Morgan fingerprint density at radius 3 is 2.74 bits per heavy atom. The van der Waals surface area contributed by atoms with Crippen LogP contribution in [0.1, 0.15) is 5.56 Å². The molecule has 3 N–H and O–H groups in total. The molecule has 0 saturated heterocycles. The number of hydrogen-bond acceptors (Lipinski definition) is 3. The van der Waals surface area contributed by atoms with Crippen molar-refractivity contribution in [2.45, 2.75) is 6.54 Å². The summed E-state index contributed by atoms with van der Waals surface area (Å²) in [5.74, 6) is -0.0381. The highest BCUT2D eigenvalue weighted by Crippen LogP contribution is 2.35. The van der Waals surface area contributed by atoms with Gasteiger partial charge in [-0.1, -0.05) is 48.0 Å². The Morgan fingerprint density at radius 1 is 1.17 bits per heavy atom. The van der Waals surface area contributed by atoms with E-state index in [0.717, 1.165) is 16.5 Å². The van der Waals surface area contributed by atoms with Gasteiger partial charge in [-0.2, -0.15) is 0 Å². The van der Waals surface area contributed by atoms with Crippen LogP contribution in [0.25, 0.3) is 10.9 Å². The maximum atomic E-state index is 9.90. The van der Waals surface area contributed by atoms with Gasteiger partial charge in [-0.05, 0) is 29.9 Å². The molecule has 0 aliphatic heterocycles. The minimum Gasteiger partial charge on any atom is -0.493 e. The van der Waals surface area contributed by atoms with E-state index in [2.05, 4.69) is 20.5 Å². The van der Waals surface area contributed by atoms with Crippen molar-refractivity contribution >= 4 is 45.5 Å². The number of fused-ring (bicyclic) bond motifs is 1. The Labute approximate surface area is 143 Å². The van der Waals surface area contributed by atoms with Gasteiger partial charge >= 0.3 is 0 Å². The van der Waals surface area contributed by atoms with E-state index in [9.17, 15) is 5.11 Å². The third-order valence-electron chi connectivity index (χ3n) is 3.29. The van der Waals surface area contributed by atoms with Gasteiger partial charge < -0.3 is 15.4 Å². The van der Waals surface area contributed by atoms with Crippen molar-refractivity contribution < 1.29 is 5.11 Å². The van der Waals surface area contributed by atoms with Crippen molar-refractivity contribution in [2.24, 2.45) is 10.2 Å². The second-order valence-corrected chi connectivity index (χ2v) is 5.61. The summed E-state index contributed by atoms with van der Waals surface area (Å²) in [5, 5.41) is 22.5. The summed E-state index contributed by atoms with van der Waals surface area (Å²) in [6, 6.07) is 14.9. The van der Waals surface area contributed by atoms with E-state index < -0.39 is 0 Å². The number of halogens is 1. The zero-order valence-corrected chi connectivity index (χ0v) is 13.5. The van der Waals surface area contributed by atoms with E-state index in [4.69, 9.17) is 23.8 Å². The molecule has 0 amide bonds. The van der Waals surface area contributed by atoms with Gasteiger partial charge in [0.1, 0.15) is 0 Å². The van der Waals surface area contributed by atoms with Crippen LogP contribution in [0, 0.1) is 0 Å². The fourth-order valence-corrected chi connectivity index (χ4v) is 2.47. The van der Waals surface area contributed by atoms with Crippen molar-refractivity contribution in [3.05, 3.63) is 59.1 Å². The minimum absolute atomic E-state index is 0.0381. The number of nitrogens with one attached hydrogen (secondary N) is 2. The van der Waals surface area contributed by atoms with Crippen LogP contribution in [-0.2, 0) is 6.54 Å².